The molecular weight excluding hydrogens is 290 g/mol. The van der Waals surface area contributed by atoms with Crippen LogP contribution < -0.4 is 14.8 Å². The van der Waals surface area contributed by atoms with Gasteiger partial charge in [-0.3, -0.25) is 4.90 Å². The Morgan fingerprint density at radius 2 is 2.00 bits per heavy atom. The predicted octanol–water partition coefficient (Wildman–Crippen LogP) is 2.92. The minimum Gasteiger partial charge on any atom is -0.395 e. The lowest BCUT2D eigenvalue weighted by Crippen LogP contribution is -2.45. The highest BCUT2D eigenvalue weighted by molar-refractivity contribution is 5.46. The van der Waals surface area contributed by atoms with Crippen LogP contribution in [0.25, 0.3) is 0 Å². The number of halogens is 2. The van der Waals surface area contributed by atoms with Crippen LogP contribution in [0.2, 0.25) is 0 Å². The summed E-state index contributed by atoms with van der Waals surface area (Å²) in [4.78, 5) is 2.37. The number of fused-ring (bicyclic) bond motifs is 1. The van der Waals surface area contributed by atoms with E-state index in [2.05, 4.69) is 26.3 Å². The molecule has 0 saturated carbocycles. The van der Waals surface area contributed by atoms with Gasteiger partial charge in [-0.25, -0.2) is 0 Å². The maximum absolute atomic E-state index is 13.2. The third-order valence-electron chi connectivity index (χ3n) is 4.05. The molecule has 0 unspecified atom stereocenters. The van der Waals surface area contributed by atoms with Gasteiger partial charge in [-0.05, 0) is 30.5 Å². The number of hydrogen-bond acceptors (Lipinski definition) is 4. The zero-order chi connectivity index (χ0) is 15.6. The van der Waals surface area contributed by atoms with Crippen molar-refractivity contribution in [1.82, 2.24) is 10.2 Å². The van der Waals surface area contributed by atoms with Crippen LogP contribution in [0, 0.1) is 0 Å². The number of allylic oxidation sites excluding steroid dienone is 1. The van der Waals surface area contributed by atoms with E-state index in [-0.39, 0.29) is 17.5 Å². The number of benzene rings is 1. The van der Waals surface area contributed by atoms with Gasteiger partial charge in [0.25, 0.3) is 0 Å². The van der Waals surface area contributed by atoms with Crippen molar-refractivity contribution < 1.29 is 18.3 Å². The number of alkyl halides is 2. The summed E-state index contributed by atoms with van der Waals surface area (Å²) in [5.41, 5.74) is 0.976. The van der Waals surface area contributed by atoms with E-state index in [0.717, 1.165) is 44.6 Å². The minimum atomic E-state index is -3.56. The van der Waals surface area contributed by atoms with Crippen molar-refractivity contribution in [1.29, 1.82) is 0 Å². The van der Waals surface area contributed by atoms with Crippen molar-refractivity contribution in [2.75, 3.05) is 26.2 Å². The number of rotatable bonds is 5. The summed E-state index contributed by atoms with van der Waals surface area (Å²) in [6, 6.07) is 5.25. The molecule has 1 atom stereocenters. The quantitative estimate of drug-likeness (QED) is 0.848. The lowest BCUT2D eigenvalue weighted by molar-refractivity contribution is -0.286. The van der Waals surface area contributed by atoms with Crippen molar-refractivity contribution in [2.24, 2.45) is 0 Å². The fraction of sp³-hybridized carbons (Fsp3) is 0.500. The molecule has 2 aliphatic heterocycles. The number of nitrogens with zero attached hydrogens (tertiary/aromatic N) is 1. The molecule has 0 radical (unpaired) electrons. The Morgan fingerprint density at radius 1 is 1.27 bits per heavy atom. The van der Waals surface area contributed by atoms with E-state index in [1.54, 1.807) is 12.1 Å². The van der Waals surface area contributed by atoms with Gasteiger partial charge in [-0.2, -0.15) is 0 Å². The second kappa shape index (κ2) is 6.22. The molecule has 0 spiro atoms. The molecule has 2 heterocycles. The van der Waals surface area contributed by atoms with Crippen LogP contribution in [0.1, 0.15) is 24.4 Å². The Labute approximate surface area is 128 Å². The van der Waals surface area contributed by atoms with E-state index < -0.39 is 6.29 Å². The lowest BCUT2D eigenvalue weighted by Gasteiger charge is -2.35. The van der Waals surface area contributed by atoms with Gasteiger partial charge in [0.15, 0.2) is 11.5 Å². The summed E-state index contributed by atoms with van der Waals surface area (Å²) in [6.07, 6.45) is 0.0989. The molecule has 6 heteroatoms. The molecule has 1 aromatic carbocycles. The number of hydrogen-bond donors (Lipinski definition) is 1. The lowest BCUT2D eigenvalue weighted by atomic mass is 9.99. The van der Waals surface area contributed by atoms with Crippen molar-refractivity contribution >= 4 is 0 Å². The maximum Gasteiger partial charge on any atom is 0.586 e. The van der Waals surface area contributed by atoms with Gasteiger partial charge in [0, 0.05) is 32.2 Å². The Morgan fingerprint density at radius 3 is 2.73 bits per heavy atom. The fourth-order valence-corrected chi connectivity index (χ4v) is 3.00. The normalized spacial score (nSPS) is 21.5. The molecule has 1 aromatic rings. The smallest absolute Gasteiger partial charge is 0.395 e. The molecule has 4 nitrogen and oxygen atoms in total. The number of ether oxygens (including phenoxy) is 2. The first kappa shape index (κ1) is 15.2. The van der Waals surface area contributed by atoms with E-state index in [9.17, 15) is 8.78 Å². The SMILES string of the molecule is C=CCC[C@H](c1ccc2c(c1)OC(F)(F)O2)N1CCNCC1. The van der Waals surface area contributed by atoms with Crippen LogP contribution in [0.5, 0.6) is 11.5 Å². The van der Waals surface area contributed by atoms with Crippen LogP contribution in [-0.2, 0) is 0 Å². The Balaban J connectivity index is 1.83. The Bertz CT molecular complexity index is 545. The van der Waals surface area contributed by atoms with Crippen molar-refractivity contribution in [3.8, 4) is 11.5 Å². The topological polar surface area (TPSA) is 33.7 Å². The maximum atomic E-state index is 13.2. The molecular formula is C16H20F2N2O2. The summed E-state index contributed by atoms with van der Waals surface area (Å²) in [7, 11) is 0. The standard InChI is InChI=1S/C16H20F2N2O2/c1-2-3-4-13(20-9-7-19-8-10-20)12-5-6-14-15(11-12)22-16(17,18)21-14/h2,5-6,11,13,19H,1,3-4,7-10H2/t13-/m1/s1. The van der Waals surface area contributed by atoms with E-state index in [1.165, 1.54) is 0 Å². The van der Waals surface area contributed by atoms with Crippen LogP contribution in [0.15, 0.2) is 30.9 Å². The van der Waals surface area contributed by atoms with Crippen LogP contribution in [0.3, 0.4) is 0 Å². The number of piperazine rings is 1. The third kappa shape index (κ3) is 3.23. The summed E-state index contributed by atoms with van der Waals surface area (Å²) in [6.45, 7) is 7.52. The molecule has 0 amide bonds. The molecule has 0 bridgehead atoms. The molecule has 0 aromatic heterocycles. The summed E-state index contributed by atoms with van der Waals surface area (Å²) < 4.78 is 35.3. The molecule has 1 N–H and O–H groups in total. The summed E-state index contributed by atoms with van der Waals surface area (Å²) in [5, 5.41) is 3.32. The van der Waals surface area contributed by atoms with Gasteiger partial charge in [0.1, 0.15) is 0 Å². The zero-order valence-corrected chi connectivity index (χ0v) is 12.4. The van der Waals surface area contributed by atoms with Gasteiger partial charge >= 0.3 is 6.29 Å². The first-order valence-corrected chi connectivity index (χ1v) is 7.54. The average Bonchev–Trinajstić information content (AvgIpc) is 2.82. The van der Waals surface area contributed by atoms with Gasteiger partial charge < -0.3 is 14.8 Å². The van der Waals surface area contributed by atoms with E-state index >= 15 is 0 Å². The Hall–Kier alpha value is -1.66. The fourth-order valence-electron chi connectivity index (χ4n) is 3.00. The first-order chi connectivity index (χ1) is 10.6. The average molecular weight is 310 g/mol. The molecule has 1 saturated heterocycles. The molecule has 120 valence electrons. The van der Waals surface area contributed by atoms with Crippen LogP contribution in [-0.4, -0.2) is 37.4 Å². The van der Waals surface area contributed by atoms with Crippen LogP contribution in [0.4, 0.5) is 8.78 Å². The van der Waals surface area contributed by atoms with Crippen LogP contribution >= 0.6 is 0 Å². The molecule has 22 heavy (non-hydrogen) atoms. The highest BCUT2D eigenvalue weighted by Crippen LogP contribution is 2.43. The van der Waals surface area contributed by atoms with Gasteiger partial charge in [0.2, 0.25) is 0 Å². The Kier molecular flexibility index (Phi) is 4.31. The summed E-state index contributed by atoms with van der Waals surface area (Å²) in [5.74, 6) is 0.206. The van der Waals surface area contributed by atoms with Gasteiger partial charge in [-0.1, -0.05) is 12.1 Å². The zero-order valence-electron chi connectivity index (χ0n) is 12.4. The van der Waals surface area contributed by atoms with Crippen molar-refractivity contribution in [2.45, 2.75) is 25.2 Å². The van der Waals surface area contributed by atoms with Gasteiger partial charge in [0.05, 0.1) is 0 Å². The van der Waals surface area contributed by atoms with E-state index in [4.69, 9.17) is 0 Å². The molecule has 1 fully saturated rings. The third-order valence-corrected chi connectivity index (χ3v) is 4.05. The predicted molar refractivity (Wildman–Crippen MR) is 79.3 cm³/mol. The molecule has 0 aliphatic carbocycles. The van der Waals surface area contributed by atoms with E-state index in [1.807, 2.05) is 12.1 Å². The van der Waals surface area contributed by atoms with Gasteiger partial charge in [-0.15, -0.1) is 15.4 Å². The molecule has 3 rings (SSSR count). The monoisotopic (exact) mass is 310 g/mol. The first-order valence-electron chi connectivity index (χ1n) is 7.54. The highest BCUT2D eigenvalue weighted by Gasteiger charge is 2.43. The minimum absolute atomic E-state index is 0.0940. The largest absolute Gasteiger partial charge is 0.586 e. The van der Waals surface area contributed by atoms with E-state index in [0.29, 0.717) is 0 Å². The van der Waals surface area contributed by atoms with Crippen molar-refractivity contribution in [3.05, 3.63) is 36.4 Å². The van der Waals surface area contributed by atoms with Crippen molar-refractivity contribution in [3.63, 3.8) is 0 Å². The highest BCUT2D eigenvalue weighted by atomic mass is 19.3. The number of nitrogens with one attached hydrogen (secondary N) is 1. The second-order valence-electron chi connectivity index (χ2n) is 5.54. The second-order valence-corrected chi connectivity index (χ2v) is 5.54. The molecule has 2 aliphatic rings. The summed E-state index contributed by atoms with van der Waals surface area (Å²) >= 11 is 0.